The zero-order valence-corrected chi connectivity index (χ0v) is 16.7. The number of carbonyl (C=O) groups is 3. The van der Waals surface area contributed by atoms with Crippen LogP contribution in [0, 0.1) is 0 Å². The van der Waals surface area contributed by atoms with Crippen LogP contribution in [-0.2, 0) is 4.79 Å². The Morgan fingerprint density at radius 1 is 0.812 bits per heavy atom. The van der Waals surface area contributed by atoms with Gasteiger partial charge in [0.2, 0.25) is 12.0 Å². The molecule has 0 saturated carbocycles. The van der Waals surface area contributed by atoms with E-state index < -0.39 is 23.8 Å². The summed E-state index contributed by atoms with van der Waals surface area (Å²) in [7, 11) is 0. The predicted octanol–water partition coefficient (Wildman–Crippen LogP) is 2.18. The van der Waals surface area contributed by atoms with Gasteiger partial charge in [-0.2, -0.15) is 0 Å². The van der Waals surface area contributed by atoms with Gasteiger partial charge in [-0.3, -0.25) is 25.2 Å². The lowest BCUT2D eigenvalue weighted by atomic mass is 10.2. The maximum Gasteiger partial charge on any atom is 0.283 e. The number of para-hydroxylation sites is 2. The number of fused-ring (bicyclic) bond motifs is 1. The molecule has 32 heavy (non-hydrogen) atoms. The topological polar surface area (TPSA) is 129 Å². The number of primary amides is 1. The van der Waals surface area contributed by atoms with Crippen molar-refractivity contribution in [2.24, 2.45) is 5.73 Å². The average Bonchev–Trinajstić information content (AvgIpc) is 2.82. The average molecular weight is 433 g/mol. The van der Waals surface area contributed by atoms with Crippen molar-refractivity contribution in [2.45, 2.75) is 6.10 Å². The number of hydrogen-bond acceptors (Lipinski definition) is 6. The van der Waals surface area contributed by atoms with Crippen LogP contribution in [0.2, 0.25) is 0 Å². The Hall–Kier alpha value is -4.53. The number of ether oxygens (including phenoxy) is 3. The molecule has 1 aliphatic rings. The summed E-state index contributed by atoms with van der Waals surface area (Å²) in [4.78, 5) is 35.7. The largest absolute Gasteiger partial charge is 0.485 e. The fourth-order valence-electron chi connectivity index (χ4n) is 2.92. The number of nitrogens with one attached hydrogen (secondary N) is 2. The van der Waals surface area contributed by atoms with E-state index in [0.29, 0.717) is 34.1 Å². The fraction of sp³-hybridized carbons (Fsp3) is 0.0870. The lowest BCUT2D eigenvalue weighted by Crippen LogP contribution is -2.50. The highest BCUT2D eigenvalue weighted by Gasteiger charge is 2.27. The van der Waals surface area contributed by atoms with Crippen molar-refractivity contribution in [1.29, 1.82) is 0 Å². The van der Waals surface area contributed by atoms with Crippen LogP contribution in [0.4, 0.5) is 0 Å². The van der Waals surface area contributed by atoms with Crippen molar-refractivity contribution >= 4 is 17.7 Å². The third kappa shape index (κ3) is 4.78. The molecule has 3 aromatic rings. The molecule has 3 amide bonds. The molecular formula is C23H19N3O6. The number of hydrazine groups is 1. The summed E-state index contributed by atoms with van der Waals surface area (Å²) in [5.41, 5.74) is 10.6. The Bertz CT molecular complexity index is 1150. The lowest BCUT2D eigenvalue weighted by molar-refractivity contribution is -0.131. The minimum atomic E-state index is -0.887. The van der Waals surface area contributed by atoms with Crippen molar-refractivity contribution in [3.8, 4) is 23.0 Å². The minimum Gasteiger partial charge on any atom is -0.485 e. The van der Waals surface area contributed by atoms with Gasteiger partial charge < -0.3 is 19.9 Å². The molecule has 1 unspecified atom stereocenters. The summed E-state index contributed by atoms with van der Waals surface area (Å²) in [5, 5.41) is 0. The molecule has 9 heteroatoms. The zero-order chi connectivity index (χ0) is 22.5. The molecule has 0 aromatic heterocycles. The third-order valence-electron chi connectivity index (χ3n) is 4.59. The van der Waals surface area contributed by atoms with E-state index in [1.807, 2.05) is 0 Å². The Morgan fingerprint density at radius 2 is 1.41 bits per heavy atom. The van der Waals surface area contributed by atoms with Gasteiger partial charge in [0.15, 0.2) is 11.5 Å². The maximum atomic E-state index is 12.3. The second kappa shape index (κ2) is 9.09. The maximum absolute atomic E-state index is 12.3. The monoisotopic (exact) mass is 433 g/mol. The molecule has 1 atom stereocenters. The van der Waals surface area contributed by atoms with Gasteiger partial charge in [0, 0.05) is 11.1 Å². The van der Waals surface area contributed by atoms with Gasteiger partial charge in [-0.15, -0.1) is 0 Å². The first-order valence-corrected chi connectivity index (χ1v) is 9.66. The number of amides is 3. The summed E-state index contributed by atoms with van der Waals surface area (Å²) < 4.78 is 16.8. The summed E-state index contributed by atoms with van der Waals surface area (Å²) in [6.07, 6.45) is -0.887. The molecule has 3 aromatic carbocycles. The highest BCUT2D eigenvalue weighted by molar-refractivity contribution is 5.96. The van der Waals surface area contributed by atoms with Crippen LogP contribution in [0.3, 0.4) is 0 Å². The molecule has 0 radical (unpaired) electrons. The molecule has 4 N–H and O–H groups in total. The zero-order valence-electron chi connectivity index (χ0n) is 16.7. The summed E-state index contributed by atoms with van der Waals surface area (Å²) >= 11 is 0. The van der Waals surface area contributed by atoms with Crippen LogP contribution < -0.4 is 30.8 Å². The number of carbonyl (C=O) groups excluding carboxylic acids is 3. The van der Waals surface area contributed by atoms with Crippen LogP contribution in [0.25, 0.3) is 0 Å². The molecule has 1 heterocycles. The number of nitrogens with two attached hydrogens (primary N) is 1. The first-order chi connectivity index (χ1) is 15.5. The highest BCUT2D eigenvalue weighted by Crippen LogP contribution is 2.30. The summed E-state index contributed by atoms with van der Waals surface area (Å²) in [6.45, 7) is 0.0329. The molecular weight excluding hydrogens is 414 g/mol. The molecule has 0 spiro atoms. The van der Waals surface area contributed by atoms with Crippen molar-refractivity contribution < 1.29 is 28.6 Å². The van der Waals surface area contributed by atoms with E-state index in [9.17, 15) is 14.4 Å². The van der Waals surface area contributed by atoms with Gasteiger partial charge in [-0.25, -0.2) is 0 Å². The standard InChI is InChI=1S/C23H19N3O6/c24-21(27)14-5-9-16(10-6-14)31-17-11-7-15(8-12-17)22(28)25-26-23(29)20-13-30-18-3-1-2-4-19(18)32-20/h1-12,20H,13H2,(H2,24,27)(H,25,28)(H,26,29). The summed E-state index contributed by atoms with van der Waals surface area (Å²) in [5.74, 6) is 0.461. The van der Waals surface area contributed by atoms with Crippen LogP contribution in [0.15, 0.2) is 72.8 Å². The van der Waals surface area contributed by atoms with E-state index in [1.54, 1.807) is 72.8 Å². The molecule has 162 valence electrons. The highest BCUT2D eigenvalue weighted by atomic mass is 16.6. The Morgan fingerprint density at radius 3 is 2.03 bits per heavy atom. The molecule has 4 rings (SSSR count). The third-order valence-corrected chi connectivity index (χ3v) is 4.59. The number of rotatable bonds is 5. The number of benzene rings is 3. The van der Waals surface area contributed by atoms with Crippen LogP contribution in [-0.4, -0.2) is 30.4 Å². The second-order valence-corrected chi connectivity index (χ2v) is 6.82. The minimum absolute atomic E-state index is 0.0329. The Labute approximate surface area is 183 Å². The quantitative estimate of drug-likeness (QED) is 0.529. The van der Waals surface area contributed by atoms with Gasteiger partial charge in [0.1, 0.15) is 18.1 Å². The predicted molar refractivity (Wildman–Crippen MR) is 113 cm³/mol. The number of hydrogen-bond donors (Lipinski definition) is 3. The molecule has 0 bridgehead atoms. The van der Waals surface area contributed by atoms with Crippen LogP contribution >= 0.6 is 0 Å². The van der Waals surface area contributed by atoms with Gasteiger partial charge in [-0.1, -0.05) is 12.1 Å². The van der Waals surface area contributed by atoms with Gasteiger partial charge in [0.25, 0.3) is 11.8 Å². The first kappa shape index (κ1) is 20.7. The van der Waals surface area contributed by atoms with E-state index in [0.717, 1.165) is 0 Å². The van der Waals surface area contributed by atoms with Gasteiger partial charge in [0.05, 0.1) is 0 Å². The molecule has 1 aliphatic heterocycles. The van der Waals surface area contributed by atoms with E-state index in [-0.39, 0.29) is 6.61 Å². The Balaban J connectivity index is 1.29. The van der Waals surface area contributed by atoms with Crippen molar-refractivity contribution in [2.75, 3.05) is 6.61 Å². The van der Waals surface area contributed by atoms with E-state index in [1.165, 1.54) is 0 Å². The molecule has 0 fully saturated rings. The van der Waals surface area contributed by atoms with E-state index in [4.69, 9.17) is 19.9 Å². The smallest absolute Gasteiger partial charge is 0.283 e. The molecule has 0 aliphatic carbocycles. The second-order valence-electron chi connectivity index (χ2n) is 6.82. The van der Waals surface area contributed by atoms with Crippen molar-refractivity contribution in [1.82, 2.24) is 10.9 Å². The SMILES string of the molecule is NC(=O)c1ccc(Oc2ccc(C(=O)NNC(=O)C3COc4ccccc4O3)cc2)cc1. The van der Waals surface area contributed by atoms with Crippen molar-refractivity contribution in [3.05, 3.63) is 83.9 Å². The lowest BCUT2D eigenvalue weighted by Gasteiger charge is -2.25. The van der Waals surface area contributed by atoms with E-state index >= 15 is 0 Å². The van der Waals surface area contributed by atoms with Crippen LogP contribution in [0.5, 0.6) is 23.0 Å². The van der Waals surface area contributed by atoms with Crippen LogP contribution in [0.1, 0.15) is 20.7 Å². The fourth-order valence-corrected chi connectivity index (χ4v) is 2.92. The first-order valence-electron chi connectivity index (χ1n) is 9.66. The molecule has 0 saturated heterocycles. The van der Waals surface area contributed by atoms with E-state index in [2.05, 4.69) is 10.9 Å². The van der Waals surface area contributed by atoms with Crippen molar-refractivity contribution in [3.63, 3.8) is 0 Å². The Kier molecular flexibility index (Phi) is 5.89. The van der Waals surface area contributed by atoms with Gasteiger partial charge in [-0.05, 0) is 60.7 Å². The summed E-state index contributed by atoms with van der Waals surface area (Å²) in [6, 6.07) is 19.7. The molecule has 9 nitrogen and oxygen atoms in total. The van der Waals surface area contributed by atoms with Gasteiger partial charge >= 0.3 is 0 Å². The normalized spacial score (nSPS) is 14.2.